The van der Waals surface area contributed by atoms with Gasteiger partial charge in [0, 0.05) is 15.4 Å². The number of nitrogens with zero attached hydrogens (tertiary/aromatic N) is 2. The monoisotopic (exact) mass is 318 g/mol. The number of aromatic nitrogens is 2. The van der Waals surface area contributed by atoms with E-state index in [1.54, 1.807) is 12.3 Å². The van der Waals surface area contributed by atoms with Crippen molar-refractivity contribution in [2.75, 3.05) is 0 Å². The first kappa shape index (κ1) is 11.5. The summed E-state index contributed by atoms with van der Waals surface area (Å²) in [6.07, 6.45) is 1.69. The Morgan fingerprint density at radius 3 is 2.83 bits per heavy atom. The second kappa shape index (κ2) is 4.59. The van der Waals surface area contributed by atoms with Gasteiger partial charge in [-0.05, 0) is 30.3 Å². The Morgan fingerprint density at radius 1 is 1.17 bits per heavy atom. The van der Waals surface area contributed by atoms with Gasteiger partial charge in [-0.25, -0.2) is 0 Å². The Kier molecular flexibility index (Phi) is 2.93. The zero-order chi connectivity index (χ0) is 12.5. The van der Waals surface area contributed by atoms with Gasteiger partial charge in [0.2, 0.25) is 0 Å². The molecule has 2 heterocycles. The normalized spacial score (nSPS) is 10.7. The van der Waals surface area contributed by atoms with Gasteiger partial charge in [-0.1, -0.05) is 22.0 Å². The predicted molar refractivity (Wildman–Crippen MR) is 76.8 cm³/mol. The van der Waals surface area contributed by atoms with Gasteiger partial charge in [0.25, 0.3) is 5.56 Å². The number of pyridine rings is 1. The Morgan fingerprint density at radius 2 is 2.06 bits per heavy atom. The molecule has 0 N–H and O–H groups in total. The molecule has 18 heavy (non-hydrogen) atoms. The minimum Gasteiger partial charge on any atom is -0.267 e. The molecular formula is C13H7BrN2OS. The molecule has 2 aromatic heterocycles. The summed E-state index contributed by atoms with van der Waals surface area (Å²) in [5.74, 6) is 0. The second-order valence-electron chi connectivity index (χ2n) is 3.68. The van der Waals surface area contributed by atoms with E-state index in [1.807, 2.05) is 30.3 Å². The average Bonchev–Trinajstić information content (AvgIpc) is 2.40. The second-order valence-corrected chi connectivity index (χ2v) is 5.63. The van der Waals surface area contributed by atoms with Crippen LogP contribution in [0.1, 0.15) is 0 Å². The molecule has 0 radical (unpaired) electrons. The lowest BCUT2D eigenvalue weighted by Gasteiger charge is -2.01. The van der Waals surface area contributed by atoms with E-state index in [9.17, 15) is 4.79 Å². The highest BCUT2D eigenvalue weighted by atomic mass is 79.9. The quantitative estimate of drug-likeness (QED) is 0.690. The first-order chi connectivity index (χ1) is 8.74. The maximum atomic E-state index is 12.0. The number of rotatable bonds is 1. The molecule has 0 aliphatic carbocycles. The highest BCUT2D eigenvalue weighted by Crippen LogP contribution is 2.26. The van der Waals surface area contributed by atoms with Crippen LogP contribution >= 0.6 is 27.3 Å². The molecule has 88 valence electrons. The summed E-state index contributed by atoms with van der Waals surface area (Å²) in [7, 11) is 0. The minimum absolute atomic E-state index is 0.217. The van der Waals surface area contributed by atoms with Crippen molar-refractivity contribution < 1.29 is 0 Å². The maximum absolute atomic E-state index is 12.0. The fraction of sp³-hybridized carbons (Fsp3) is 0. The molecule has 0 aliphatic heterocycles. The standard InChI is InChI=1S/C13H7BrN2OS/c14-8-4-5-11-9(7-8)12(17)16-13(18-11)10-3-1-2-6-15-10/h1-7H. The Balaban J connectivity index is 2.29. The molecular weight excluding hydrogens is 312 g/mol. The largest absolute Gasteiger partial charge is 0.279 e. The van der Waals surface area contributed by atoms with Crippen molar-refractivity contribution in [2.45, 2.75) is 0 Å². The van der Waals surface area contributed by atoms with Crippen molar-refractivity contribution in [3.05, 3.63) is 57.4 Å². The van der Waals surface area contributed by atoms with Crippen molar-refractivity contribution in [2.24, 2.45) is 0 Å². The van der Waals surface area contributed by atoms with Gasteiger partial charge in [-0.3, -0.25) is 9.78 Å². The molecule has 0 atom stereocenters. The third-order valence-corrected chi connectivity index (χ3v) is 4.03. The van der Waals surface area contributed by atoms with Crippen LogP contribution in [-0.2, 0) is 0 Å². The summed E-state index contributed by atoms with van der Waals surface area (Å²) in [6, 6.07) is 11.2. The van der Waals surface area contributed by atoms with Crippen molar-refractivity contribution in [1.82, 2.24) is 9.97 Å². The van der Waals surface area contributed by atoms with Crippen LogP contribution in [-0.4, -0.2) is 9.97 Å². The van der Waals surface area contributed by atoms with E-state index in [4.69, 9.17) is 0 Å². The fourth-order valence-corrected chi connectivity index (χ4v) is 2.95. The topological polar surface area (TPSA) is 42.9 Å². The van der Waals surface area contributed by atoms with Crippen LogP contribution in [0, 0.1) is 0 Å². The van der Waals surface area contributed by atoms with Gasteiger partial charge in [-0.2, -0.15) is 4.98 Å². The summed E-state index contributed by atoms with van der Waals surface area (Å²) < 4.78 is 1.80. The van der Waals surface area contributed by atoms with Crippen LogP contribution in [0.4, 0.5) is 0 Å². The van der Waals surface area contributed by atoms with Gasteiger partial charge in [0.15, 0.2) is 0 Å². The van der Waals surface area contributed by atoms with E-state index in [2.05, 4.69) is 25.9 Å². The molecule has 3 aromatic rings. The van der Waals surface area contributed by atoms with E-state index >= 15 is 0 Å². The SMILES string of the molecule is O=c1nc(-c2ccccn2)sc2ccc(Br)cc12. The van der Waals surface area contributed by atoms with Crippen LogP contribution in [0.2, 0.25) is 0 Å². The number of fused-ring (bicyclic) bond motifs is 1. The molecule has 3 rings (SSSR count). The fourth-order valence-electron chi connectivity index (χ4n) is 1.64. The lowest BCUT2D eigenvalue weighted by Crippen LogP contribution is -2.06. The summed E-state index contributed by atoms with van der Waals surface area (Å²) >= 11 is 4.82. The van der Waals surface area contributed by atoms with Crippen molar-refractivity contribution >= 4 is 37.4 Å². The molecule has 0 amide bonds. The summed E-state index contributed by atoms with van der Waals surface area (Å²) in [6.45, 7) is 0. The summed E-state index contributed by atoms with van der Waals surface area (Å²) in [5, 5.41) is 1.28. The molecule has 0 bridgehead atoms. The van der Waals surface area contributed by atoms with Crippen LogP contribution in [0.5, 0.6) is 0 Å². The first-order valence-corrected chi connectivity index (χ1v) is 6.87. The first-order valence-electron chi connectivity index (χ1n) is 5.26. The smallest absolute Gasteiger partial charge is 0.267 e. The Bertz CT molecular complexity index is 771. The maximum Gasteiger partial charge on any atom is 0.279 e. The molecule has 0 saturated carbocycles. The molecule has 5 heteroatoms. The Labute approximate surface area is 115 Å². The van der Waals surface area contributed by atoms with Gasteiger partial charge in [0.1, 0.15) is 5.01 Å². The third kappa shape index (κ3) is 2.07. The van der Waals surface area contributed by atoms with Gasteiger partial charge in [0.05, 0.1) is 11.1 Å². The van der Waals surface area contributed by atoms with Gasteiger partial charge in [-0.15, -0.1) is 11.3 Å². The van der Waals surface area contributed by atoms with E-state index in [0.717, 1.165) is 14.9 Å². The van der Waals surface area contributed by atoms with Crippen LogP contribution < -0.4 is 5.56 Å². The molecule has 0 spiro atoms. The third-order valence-electron chi connectivity index (χ3n) is 2.47. The lowest BCUT2D eigenvalue weighted by molar-refractivity contribution is 1.25. The summed E-state index contributed by atoms with van der Waals surface area (Å²) in [4.78, 5) is 20.3. The molecule has 0 aliphatic rings. The zero-order valence-electron chi connectivity index (χ0n) is 9.13. The van der Waals surface area contributed by atoms with Crippen molar-refractivity contribution in [3.8, 4) is 10.7 Å². The Hall–Kier alpha value is -1.59. The van der Waals surface area contributed by atoms with E-state index in [0.29, 0.717) is 10.4 Å². The minimum atomic E-state index is -0.217. The number of halogens is 1. The van der Waals surface area contributed by atoms with E-state index < -0.39 is 0 Å². The van der Waals surface area contributed by atoms with Crippen molar-refractivity contribution in [1.29, 1.82) is 0 Å². The van der Waals surface area contributed by atoms with Crippen molar-refractivity contribution in [3.63, 3.8) is 0 Å². The molecule has 0 fully saturated rings. The van der Waals surface area contributed by atoms with E-state index in [1.165, 1.54) is 11.3 Å². The van der Waals surface area contributed by atoms with E-state index in [-0.39, 0.29) is 5.56 Å². The number of hydrogen-bond donors (Lipinski definition) is 0. The van der Waals surface area contributed by atoms with Crippen LogP contribution in [0.25, 0.3) is 20.8 Å². The highest BCUT2D eigenvalue weighted by molar-refractivity contribution is 9.10. The summed E-state index contributed by atoms with van der Waals surface area (Å²) in [5.41, 5.74) is 0.509. The molecule has 0 saturated heterocycles. The van der Waals surface area contributed by atoms with Gasteiger partial charge >= 0.3 is 0 Å². The molecule has 3 nitrogen and oxygen atoms in total. The lowest BCUT2D eigenvalue weighted by atomic mass is 10.3. The highest BCUT2D eigenvalue weighted by Gasteiger charge is 2.07. The van der Waals surface area contributed by atoms with Gasteiger partial charge < -0.3 is 0 Å². The van der Waals surface area contributed by atoms with Crippen LogP contribution in [0.15, 0.2) is 51.9 Å². The number of benzene rings is 1. The number of hydrogen-bond acceptors (Lipinski definition) is 4. The molecule has 0 unspecified atom stereocenters. The molecule has 1 aromatic carbocycles. The zero-order valence-corrected chi connectivity index (χ0v) is 11.5. The van der Waals surface area contributed by atoms with Crippen LogP contribution in [0.3, 0.4) is 0 Å². The predicted octanol–water partition coefficient (Wildman–Crippen LogP) is 3.48. The average molecular weight is 319 g/mol.